The molecule has 3 N–H and O–H groups in total. The molecule has 0 bridgehead atoms. The van der Waals surface area contributed by atoms with Crippen LogP contribution in [0, 0.1) is 0 Å². The Hall–Kier alpha value is -1.30. The molecule has 1 aromatic rings. The van der Waals surface area contributed by atoms with Gasteiger partial charge >= 0.3 is 6.09 Å². The molecule has 0 radical (unpaired) electrons. The SMILES string of the molecule is Cl.N[C@@H]1CCOC[C@H]1NC(=O)OCc1ccccc1. The van der Waals surface area contributed by atoms with Gasteiger partial charge in [-0.25, -0.2) is 4.79 Å². The number of ether oxygens (including phenoxy) is 2. The van der Waals surface area contributed by atoms with Crippen LogP contribution in [-0.4, -0.2) is 31.4 Å². The summed E-state index contributed by atoms with van der Waals surface area (Å²) in [5, 5.41) is 2.73. The van der Waals surface area contributed by atoms with Crippen LogP contribution in [0.5, 0.6) is 0 Å². The summed E-state index contributed by atoms with van der Waals surface area (Å²) in [5.74, 6) is 0. The average molecular weight is 287 g/mol. The molecule has 5 nitrogen and oxygen atoms in total. The Morgan fingerprint density at radius 1 is 1.42 bits per heavy atom. The van der Waals surface area contributed by atoms with Gasteiger partial charge in [0.15, 0.2) is 0 Å². The van der Waals surface area contributed by atoms with E-state index < -0.39 is 6.09 Å². The quantitative estimate of drug-likeness (QED) is 0.882. The molecule has 6 heteroatoms. The number of hydrogen-bond donors (Lipinski definition) is 2. The minimum absolute atomic E-state index is 0. The monoisotopic (exact) mass is 286 g/mol. The zero-order valence-corrected chi connectivity index (χ0v) is 11.4. The summed E-state index contributed by atoms with van der Waals surface area (Å²) in [6.45, 7) is 1.36. The Kier molecular flexibility index (Phi) is 6.62. The number of rotatable bonds is 3. The summed E-state index contributed by atoms with van der Waals surface area (Å²) in [7, 11) is 0. The van der Waals surface area contributed by atoms with Gasteiger partial charge in [0.2, 0.25) is 0 Å². The highest BCUT2D eigenvalue weighted by Gasteiger charge is 2.24. The maximum atomic E-state index is 11.6. The number of benzene rings is 1. The second kappa shape index (κ2) is 7.99. The molecule has 0 aromatic heterocycles. The van der Waals surface area contributed by atoms with Crippen LogP contribution in [0.3, 0.4) is 0 Å². The summed E-state index contributed by atoms with van der Waals surface area (Å²) in [4.78, 5) is 11.6. The van der Waals surface area contributed by atoms with Crippen molar-refractivity contribution in [2.24, 2.45) is 5.73 Å². The normalized spacial score (nSPS) is 22.2. The highest BCUT2D eigenvalue weighted by Crippen LogP contribution is 2.06. The Labute approximate surface area is 118 Å². The van der Waals surface area contributed by atoms with E-state index >= 15 is 0 Å². The van der Waals surface area contributed by atoms with Crippen molar-refractivity contribution in [3.05, 3.63) is 35.9 Å². The third kappa shape index (κ3) is 5.06. The average Bonchev–Trinajstić information content (AvgIpc) is 2.40. The summed E-state index contributed by atoms with van der Waals surface area (Å²) in [5.41, 5.74) is 6.84. The zero-order valence-electron chi connectivity index (χ0n) is 10.6. The fourth-order valence-electron chi connectivity index (χ4n) is 1.82. The summed E-state index contributed by atoms with van der Waals surface area (Å²) in [6, 6.07) is 9.31. The van der Waals surface area contributed by atoms with Crippen molar-refractivity contribution in [3.63, 3.8) is 0 Å². The lowest BCUT2D eigenvalue weighted by molar-refractivity contribution is 0.0537. The molecule has 0 saturated carbocycles. The van der Waals surface area contributed by atoms with Crippen LogP contribution in [0.2, 0.25) is 0 Å². The Balaban J connectivity index is 0.00000180. The second-order valence-electron chi connectivity index (χ2n) is 4.34. The number of carbonyl (C=O) groups excluding carboxylic acids is 1. The molecule has 106 valence electrons. The van der Waals surface area contributed by atoms with Gasteiger partial charge in [0.1, 0.15) is 6.61 Å². The van der Waals surface area contributed by atoms with E-state index in [1.54, 1.807) is 0 Å². The van der Waals surface area contributed by atoms with Gasteiger partial charge in [-0.15, -0.1) is 12.4 Å². The van der Waals surface area contributed by atoms with Crippen LogP contribution in [0.15, 0.2) is 30.3 Å². The molecule has 1 fully saturated rings. The smallest absolute Gasteiger partial charge is 0.407 e. The maximum Gasteiger partial charge on any atom is 0.407 e. The predicted octanol–water partition coefficient (Wildman–Crippen LogP) is 1.45. The predicted molar refractivity (Wildman–Crippen MR) is 74.2 cm³/mol. The minimum Gasteiger partial charge on any atom is -0.445 e. The molecule has 0 aliphatic carbocycles. The fourth-order valence-corrected chi connectivity index (χ4v) is 1.82. The van der Waals surface area contributed by atoms with Gasteiger partial charge in [0.05, 0.1) is 12.6 Å². The third-order valence-electron chi connectivity index (χ3n) is 2.93. The van der Waals surface area contributed by atoms with Crippen molar-refractivity contribution in [3.8, 4) is 0 Å². The molecule has 0 unspecified atom stereocenters. The van der Waals surface area contributed by atoms with Gasteiger partial charge in [0, 0.05) is 12.6 Å². The molecule has 1 heterocycles. The highest BCUT2D eigenvalue weighted by molar-refractivity contribution is 5.85. The molecule has 0 spiro atoms. The van der Waals surface area contributed by atoms with Gasteiger partial charge < -0.3 is 20.5 Å². The van der Waals surface area contributed by atoms with Gasteiger partial charge in [-0.1, -0.05) is 30.3 Å². The molecule has 2 atom stereocenters. The molecule has 1 amide bonds. The Morgan fingerprint density at radius 3 is 2.84 bits per heavy atom. The van der Waals surface area contributed by atoms with Crippen LogP contribution >= 0.6 is 12.4 Å². The van der Waals surface area contributed by atoms with Gasteiger partial charge in [-0.2, -0.15) is 0 Å². The standard InChI is InChI=1S/C13H18N2O3.ClH/c14-11-6-7-17-9-12(11)15-13(16)18-8-10-4-2-1-3-5-10;/h1-5,11-12H,6-9,14H2,(H,15,16);1H/t11-,12-;/m1./s1. The zero-order chi connectivity index (χ0) is 12.8. The van der Waals surface area contributed by atoms with E-state index in [1.165, 1.54) is 0 Å². The first-order valence-corrected chi connectivity index (χ1v) is 6.06. The number of alkyl carbamates (subject to hydrolysis) is 1. The largest absolute Gasteiger partial charge is 0.445 e. The van der Waals surface area contributed by atoms with Crippen LogP contribution < -0.4 is 11.1 Å². The molecule has 1 aliphatic heterocycles. The number of nitrogens with two attached hydrogens (primary N) is 1. The third-order valence-corrected chi connectivity index (χ3v) is 2.93. The fraction of sp³-hybridized carbons (Fsp3) is 0.462. The lowest BCUT2D eigenvalue weighted by atomic mass is 10.1. The summed E-state index contributed by atoms with van der Waals surface area (Å²) in [6.07, 6.45) is 0.300. The van der Waals surface area contributed by atoms with Gasteiger partial charge in [-0.05, 0) is 12.0 Å². The molecular formula is C13H19ClN2O3. The highest BCUT2D eigenvalue weighted by atomic mass is 35.5. The van der Waals surface area contributed by atoms with Crippen LogP contribution in [0.1, 0.15) is 12.0 Å². The van der Waals surface area contributed by atoms with E-state index in [4.69, 9.17) is 15.2 Å². The number of halogens is 1. The van der Waals surface area contributed by atoms with E-state index in [9.17, 15) is 4.79 Å². The van der Waals surface area contributed by atoms with E-state index in [-0.39, 0.29) is 31.1 Å². The minimum atomic E-state index is -0.454. The van der Waals surface area contributed by atoms with Crippen molar-refractivity contribution in [1.82, 2.24) is 5.32 Å². The number of amides is 1. The van der Waals surface area contributed by atoms with Crippen molar-refractivity contribution < 1.29 is 14.3 Å². The first-order chi connectivity index (χ1) is 8.75. The van der Waals surface area contributed by atoms with Gasteiger partial charge in [0.25, 0.3) is 0 Å². The van der Waals surface area contributed by atoms with Crippen molar-refractivity contribution in [2.75, 3.05) is 13.2 Å². The van der Waals surface area contributed by atoms with E-state index in [2.05, 4.69) is 5.32 Å². The molecule has 1 saturated heterocycles. The number of carbonyl (C=O) groups is 1. The number of nitrogens with one attached hydrogen (secondary N) is 1. The molecule has 19 heavy (non-hydrogen) atoms. The maximum absolute atomic E-state index is 11.6. The molecule has 2 rings (SSSR count). The van der Waals surface area contributed by atoms with E-state index in [1.807, 2.05) is 30.3 Å². The first kappa shape index (κ1) is 15.8. The summed E-state index contributed by atoms with van der Waals surface area (Å²) >= 11 is 0. The van der Waals surface area contributed by atoms with Crippen molar-refractivity contribution >= 4 is 18.5 Å². The Morgan fingerprint density at radius 2 is 2.16 bits per heavy atom. The molecule has 1 aromatic carbocycles. The number of hydrogen-bond acceptors (Lipinski definition) is 4. The summed E-state index contributed by atoms with van der Waals surface area (Å²) < 4.78 is 10.4. The van der Waals surface area contributed by atoms with Crippen molar-refractivity contribution in [1.29, 1.82) is 0 Å². The van der Waals surface area contributed by atoms with Crippen LogP contribution in [0.4, 0.5) is 4.79 Å². The topological polar surface area (TPSA) is 73.6 Å². The van der Waals surface area contributed by atoms with E-state index in [0.29, 0.717) is 13.2 Å². The molecular weight excluding hydrogens is 268 g/mol. The molecule has 1 aliphatic rings. The first-order valence-electron chi connectivity index (χ1n) is 6.06. The van der Waals surface area contributed by atoms with E-state index in [0.717, 1.165) is 12.0 Å². The lowest BCUT2D eigenvalue weighted by Crippen LogP contribution is -2.53. The van der Waals surface area contributed by atoms with Crippen LogP contribution in [0.25, 0.3) is 0 Å². The second-order valence-corrected chi connectivity index (χ2v) is 4.34. The van der Waals surface area contributed by atoms with Crippen LogP contribution in [-0.2, 0) is 16.1 Å². The van der Waals surface area contributed by atoms with Crippen molar-refractivity contribution in [2.45, 2.75) is 25.1 Å². The lowest BCUT2D eigenvalue weighted by Gasteiger charge is -2.28. The van der Waals surface area contributed by atoms with Gasteiger partial charge in [-0.3, -0.25) is 0 Å². The Bertz CT molecular complexity index is 389.